The Kier molecular flexibility index (Phi) is 4.49. The van der Waals surface area contributed by atoms with E-state index in [9.17, 15) is 8.42 Å². The van der Waals surface area contributed by atoms with Gasteiger partial charge in [0.25, 0.3) is 0 Å². The van der Waals surface area contributed by atoms with Gasteiger partial charge in [0, 0.05) is 12.2 Å². The number of nitrogens with zero attached hydrogens (tertiary/aromatic N) is 2. The third kappa shape index (κ3) is 3.33. The van der Waals surface area contributed by atoms with Gasteiger partial charge in [-0.15, -0.1) is 0 Å². The Bertz CT molecular complexity index is 731. The molecule has 1 aromatic carbocycles. The van der Waals surface area contributed by atoms with Gasteiger partial charge in [-0.05, 0) is 44.0 Å². The van der Waals surface area contributed by atoms with Gasteiger partial charge in [0.05, 0.1) is 22.9 Å². The Morgan fingerprint density at radius 2 is 1.76 bits per heavy atom. The van der Waals surface area contributed by atoms with Crippen LogP contribution in [0.25, 0.3) is 0 Å². The molecule has 1 heterocycles. The monoisotopic (exact) mass is 307 g/mol. The summed E-state index contributed by atoms with van der Waals surface area (Å²) >= 11 is 0. The molecule has 0 atom stereocenters. The van der Waals surface area contributed by atoms with E-state index in [2.05, 4.69) is 5.10 Å². The molecule has 114 valence electrons. The van der Waals surface area contributed by atoms with Crippen LogP contribution in [0.2, 0.25) is 0 Å². The van der Waals surface area contributed by atoms with Crippen molar-refractivity contribution in [2.45, 2.75) is 38.8 Å². The fourth-order valence-electron chi connectivity index (χ4n) is 2.16. The van der Waals surface area contributed by atoms with Gasteiger partial charge in [0.1, 0.15) is 0 Å². The summed E-state index contributed by atoms with van der Waals surface area (Å²) in [6, 6.07) is 6.73. The Hall–Kier alpha value is -1.66. The summed E-state index contributed by atoms with van der Waals surface area (Å²) in [6.07, 6.45) is 0. The zero-order chi connectivity index (χ0) is 15.6. The van der Waals surface area contributed by atoms with Crippen molar-refractivity contribution in [1.82, 2.24) is 9.78 Å². The molecule has 2 aromatic rings. The van der Waals surface area contributed by atoms with E-state index in [1.807, 2.05) is 20.8 Å². The molecule has 0 aliphatic rings. The van der Waals surface area contributed by atoms with Crippen LogP contribution in [0.4, 0.5) is 0 Å². The third-order valence-corrected chi connectivity index (χ3v) is 5.54. The van der Waals surface area contributed by atoms with E-state index in [0.29, 0.717) is 18.0 Å². The van der Waals surface area contributed by atoms with Crippen LogP contribution in [0.5, 0.6) is 0 Å². The van der Waals surface area contributed by atoms with Gasteiger partial charge in [-0.25, -0.2) is 8.42 Å². The summed E-state index contributed by atoms with van der Waals surface area (Å²) in [5.74, 6) is 0.0381. The highest BCUT2D eigenvalue weighted by atomic mass is 32.2. The van der Waals surface area contributed by atoms with Gasteiger partial charge in [-0.2, -0.15) is 5.10 Å². The molecule has 21 heavy (non-hydrogen) atoms. The van der Waals surface area contributed by atoms with E-state index in [1.165, 1.54) is 0 Å². The maximum absolute atomic E-state index is 12.3. The molecule has 2 N–H and O–H groups in total. The van der Waals surface area contributed by atoms with Crippen LogP contribution in [0, 0.1) is 20.8 Å². The van der Waals surface area contributed by atoms with E-state index in [4.69, 9.17) is 5.73 Å². The molecule has 0 spiro atoms. The molecule has 0 aliphatic heterocycles. The van der Waals surface area contributed by atoms with E-state index in [0.717, 1.165) is 22.5 Å². The molecule has 0 saturated heterocycles. The summed E-state index contributed by atoms with van der Waals surface area (Å²) in [6.45, 7) is 6.65. The van der Waals surface area contributed by atoms with Crippen molar-refractivity contribution in [2.75, 3.05) is 5.75 Å². The Morgan fingerprint density at radius 1 is 1.14 bits per heavy atom. The standard InChI is InChI=1S/C15H21N3O2S/c1-11-12(2)17-18(13(11)3)8-9-21(19,20)15-6-4-14(10-16)5-7-15/h4-7H,8-10,16H2,1-3H3. The lowest BCUT2D eigenvalue weighted by atomic mass is 10.2. The van der Waals surface area contributed by atoms with Crippen molar-refractivity contribution in [1.29, 1.82) is 0 Å². The normalized spacial score (nSPS) is 11.8. The first-order chi connectivity index (χ1) is 9.85. The molecule has 0 amide bonds. The second kappa shape index (κ2) is 5.99. The molecular formula is C15H21N3O2S. The number of aryl methyl sites for hydroxylation is 2. The first-order valence-corrected chi connectivity index (χ1v) is 8.53. The highest BCUT2D eigenvalue weighted by molar-refractivity contribution is 7.91. The number of hydrogen-bond acceptors (Lipinski definition) is 4. The minimum Gasteiger partial charge on any atom is -0.326 e. The van der Waals surface area contributed by atoms with Crippen molar-refractivity contribution in [3.05, 3.63) is 46.8 Å². The SMILES string of the molecule is Cc1nn(CCS(=O)(=O)c2ccc(CN)cc2)c(C)c1C. The number of benzene rings is 1. The quantitative estimate of drug-likeness (QED) is 0.912. The van der Waals surface area contributed by atoms with Crippen molar-refractivity contribution < 1.29 is 8.42 Å². The number of hydrogen-bond donors (Lipinski definition) is 1. The van der Waals surface area contributed by atoms with Crippen LogP contribution in [-0.2, 0) is 22.9 Å². The van der Waals surface area contributed by atoms with Crippen LogP contribution >= 0.6 is 0 Å². The van der Waals surface area contributed by atoms with E-state index < -0.39 is 9.84 Å². The average molecular weight is 307 g/mol. The summed E-state index contributed by atoms with van der Waals surface area (Å²) < 4.78 is 26.4. The fraction of sp³-hybridized carbons (Fsp3) is 0.400. The molecular weight excluding hydrogens is 286 g/mol. The first-order valence-electron chi connectivity index (χ1n) is 6.87. The number of sulfone groups is 1. The number of aromatic nitrogens is 2. The molecule has 6 heteroatoms. The van der Waals surface area contributed by atoms with Crippen molar-refractivity contribution in [3.63, 3.8) is 0 Å². The maximum atomic E-state index is 12.3. The van der Waals surface area contributed by atoms with Gasteiger partial charge in [0.2, 0.25) is 0 Å². The van der Waals surface area contributed by atoms with Gasteiger partial charge < -0.3 is 5.73 Å². The van der Waals surface area contributed by atoms with Gasteiger partial charge in [-0.3, -0.25) is 4.68 Å². The van der Waals surface area contributed by atoms with Crippen molar-refractivity contribution in [2.24, 2.45) is 5.73 Å². The topological polar surface area (TPSA) is 78.0 Å². The zero-order valence-corrected chi connectivity index (χ0v) is 13.4. The number of nitrogens with two attached hydrogens (primary N) is 1. The molecule has 0 fully saturated rings. The smallest absolute Gasteiger partial charge is 0.180 e. The summed E-state index contributed by atoms with van der Waals surface area (Å²) in [4.78, 5) is 0.331. The van der Waals surface area contributed by atoms with Crippen LogP contribution in [0.15, 0.2) is 29.2 Å². The minimum atomic E-state index is -3.31. The largest absolute Gasteiger partial charge is 0.326 e. The summed E-state index contributed by atoms with van der Waals surface area (Å²) in [7, 11) is -3.31. The van der Waals surface area contributed by atoms with Crippen LogP contribution in [0.1, 0.15) is 22.5 Å². The zero-order valence-electron chi connectivity index (χ0n) is 12.6. The predicted molar refractivity (Wildman–Crippen MR) is 82.8 cm³/mol. The first kappa shape index (κ1) is 15.7. The van der Waals surface area contributed by atoms with Crippen molar-refractivity contribution in [3.8, 4) is 0 Å². The summed E-state index contributed by atoms with van der Waals surface area (Å²) in [5.41, 5.74) is 9.50. The maximum Gasteiger partial charge on any atom is 0.180 e. The highest BCUT2D eigenvalue weighted by Gasteiger charge is 2.16. The highest BCUT2D eigenvalue weighted by Crippen LogP contribution is 2.15. The van der Waals surface area contributed by atoms with E-state index in [1.54, 1.807) is 28.9 Å². The lowest BCUT2D eigenvalue weighted by molar-refractivity contribution is 0.576. The van der Waals surface area contributed by atoms with Crippen LogP contribution in [-0.4, -0.2) is 24.0 Å². The van der Waals surface area contributed by atoms with Crippen LogP contribution in [0.3, 0.4) is 0 Å². The molecule has 2 rings (SSSR count). The molecule has 0 aliphatic carbocycles. The molecule has 0 radical (unpaired) electrons. The predicted octanol–water partition coefficient (Wildman–Crippen LogP) is 1.74. The lowest BCUT2D eigenvalue weighted by Crippen LogP contribution is -2.15. The second-order valence-electron chi connectivity index (χ2n) is 5.19. The molecule has 0 bridgehead atoms. The van der Waals surface area contributed by atoms with Gasteiger partial charge in [0.15, 0.2) is 9.84 Å². The Labute approximate surface area is 125 Å². The number of rotatable bonds is 5. The Morgan fingerprint density at radius 3 is 2.24 bits per heavy atom. The minimum absolute atomic E-state index is 0.0381. The van der Waals surface area contributed by atoms with Crippen molar-refractivity contribution >= 4 is 9.84 Å². The lowest BCUT2D eigenvalue weighted by Gasteiger charge is -2.07. The Balaban J connectivity index is 2.15. The molecule has 5 nitrogen and oxygen atoms in total. The van der Waals surface area contributed by atoms with Gasteiger partial charge >= 0.3 is 0 Å². The van der Waals surface area contributed by atoms with Gasteiger partial charge in [-0.1, -0.05) is 12.1 Å². The third-order valence-electron chi connectivity index (χ3n) is 3.83. The second-order valence-corrected chi connectivity index (χ2v) is 7.30. The molecule has 0 saturated carbocycles. The van der Waals surface area contributed by atoms with Crippen LogP contribution < -0.4 is 5.73 Å². The van der Waals surface area contributed by atoms with E-state index >= 15 is 0 Å². The molecule has 1 aromatic heterocycles. The van der Waals surface area contributed by atoms with E-state index in [-0.39, 0.29) is 5.75 Å². The average Bonchev–Trinajstić information content (AvgIpc) is 2.72. The molecule has 0 unspecified atom stereocenters. The fourth-order valence-corrected chi connectivity index (χ4v) is 3.36. The summed E-state index contributed by atoms with van der Waals surface area (Å²) in [5, 5.41) is 4.37.